The van der Waals surface area contributed by atoms with Crippen molar-refractivity contribution in [2.45, 2.75) is 46.0 Å². The van der Waals surface area contributed by atoms with Crippen molar-refractivity contribution >= 4 is 17.5 Å². The van der Waals surface area contributed by atoms with Crippen molar-refractivity contribution in [2.24, 2.45) is 5.41 Å². The number of aromatic nitrogens is 1. The van der Waals surface area contributed by atoms with E-state index in [1.807, 2.05) is 19.9 Å². The molecule has 0 saturated heterocycles. The number of carbonyl (C=O) groups excluding carboxylic acids is 1. The number of hydrogen-bond acceptors (Lipinski definition) is 2. The Morgan fingerprint density at radius 3 is 2.68 bits per heavy atom. The second-order valence-electron chi connectivity index (χ2n) is 6.11. The molecule has 0 atom stereocenters. The molecule has 1 aromatic heterocycles. The molecule has 0 aliphatic heterocycles. The molecule has 3 nitrogen and oxygen atoms in total. The Morgan fingerprint density at radius 1 is 1.47 bits per heavy atom. The van der Waals surface area contributed by atoms with Crippen LogP contribution < -0.4 is 5.32 Å². The first kappa shape index (κ1) is 14.3. The van der Waals surface area contributed by atoms with E-state index in [0.717, 1.165) is 12.2 Å². The molecule has 0 spiro atoms. The Hall–Kier alpha value is -1.09. The molecule has 1 fully saturated rings. The summed E-state index contributed by atoms with van der Waals surface area (Å²) in [5.41, 5.74) is 1.74. The van der Waals surface area contributed by atoms with Gasteiger partial charge in [-0.25, -0.2) is 4.98 Å². The van der Waals surface area contributed by atoms with E-state index in [2.05, 4.69) is 17.2 Å². The van der Waals surface area contributed by atoms with Crippen LogP contribution in [0.3, 0.4) is 0 Å². The van der Waals surface area contributed by atoms with Gasteiger partial charge in [0.05, 0.1) is 0 Å². The highest BCUT2D eigenvalue weighted by Crippen LogP contribution is 2.39. The summed E-state index contributed by atoms with van der Waals surface area (Å²) in [5, 5.41) is 3.39. The maximum Gasteiger partial charge on any atom is 0.251 e. The van der Waals surface area contributed by atoms with Crippen LogP contribution in [0.25, 0.3) is 0 Å². The zero-order valence-corrected chi connectivity index (χ0v) is 12.5. The van der Waals surface area contributed by atoms with Crippen LogP contribution in [0.5, 0.6) is 0 Å². The third kappa shape index (κ3) is 3.47. The lowest BCUT2D eigenvalue weighted by atomic mass is 9.70. The highest BCUT2D eigenvalue weighted by Gasteiger charge is 2.31. The molecular formula is C15H21ClN2O. The van der Waals surface area contributed by atoms with Crippen molar-refractivity contribution in [3.63, 3.8) is 0 Å². The predicted molar refractivity (Wildman–Crippen MR) is 77.6 cm³/mol. The fraction of sp³-hybridized carbons (Fsp3) is 0.600. The molecule has 1 saturated carbocycles. The van der Waals surface area contributed by atoms with E-state index in [-0.39, 0.29) is 17.2 Å². The first-order valence-electron chi connectivity index (χ1n) is 6.85. The van der Waals surface area contributed by atoms with Gasteiger partial charge in [-0.1, -0.05) is 38.8 Å². The standard InChI is InChI=1S/C15H21ClN2O/c1-10(2)12-7-11(8-13(16)18-12)14(19)17-9-15(3)5-4-6-15/h7-8,10H,4-6,9H2,1-3H3,(H,17,19). The van der Waals surface area contributed by atoms with Gasteiger partial charge in [-0.2, -0.15) is 0 Å². The minimum Gasteiger partial charge on any atom is -0.351 e. The van der Waals surface area contributed by atoms with E-state index < -0.39 is 0 Å². The second-order valence-corrected chi connectivity index (χ2v) is 6.49. The van der Waals surface area contributed by atoms with Gasteiger partial charge in [-0.15, -0.1) is 0 Å². The fourth-order valence-electron chi connectivity index (χ4n) is 2.30. The number of carbonyl (C=O) groups is 1. The third-order valence-electron chi connectivity index (χ3n) is 3.90. The average molecular weight is 281 g/mol. The maximum absolute atomic E-state index is 12.2. The number of hydrogen-bond donors (Lipinski definition) is 1. The third-order valence-corrected chi connectivity index (χ3v) is 4.10. The highest BCUT2D eigenvalue weighted by molar-refractivity contribution is 6.29. The van der Waals surface area contributed by atoms with Crippen molar-refractivity contribution in [1.29, 1.82) is 0 Å². The summed E-state index contributed by atoms with van der Waals surface area (Å²) in [5.74, 6) is 0.203. The van der Waals surface area contributed by atoms with Gasteiger partial charge in [0, 0.05) is 17.8 Å². The number of rotatable bonds is 4. The monoisotopic (exact) mass is 280 g/mol. The summed E-state index contributed by atoms with van der Waals surface area (Å²) in [6.45, 7) is 7.03. The normalized spacial score (nSPS) is 17.1. The number of halogens is 1. The topological polar surface area (TPSA) is 42.0 Å². The summed E-state index contributed by atoms with van der Waals surface area (Å²) in [6, 6.07) is 3.46. The van der Waals surface area contributed by atoms with Gasteiger partial charge < -0.3 is 5.32 Å². The number of pyridine rings is 1. The Bertz CT molecular complexity index is 481. The van der Waals surface area contributed by atoms with Crippen LogP contribution in [-0.4, -0.2) is 17.4 Å². The highest BCUT2D eigenvalue weighted by atomic mass is 35.5. The van der Waals surface area contributed by atoms with E-state index >= 15 is 0 Å². The smallest absolute Gasteiger partial charge is 0.251 e. The molecule has 19 heavy (non-hydrogen) atoms. The van der Waals surface area contributed by atoms with Crippen LogP contribution >= 0.6 is 11.6 Å². The maximum atomic E-state index is 12.2. The predicted octanol–water partition coefficient (Wildman–Crippen LogP) is 3.78. The number of nitrogens with zero attached hydrogens (tertiary/aromatic N) is 1. The van der Waals surface area contributed by atoms with Crippen molar-refractivity contribution in [2.75, 3.05) is 6.54 Å². The lowest BCUT2D eigenvalue weighted by Gasteiger charge is -2.38. The van der Waals surface area contributed by atoms with Crippen molar-refractivity contribution in [3.8, 4) is 0 Å². The van der Waals surface area contributed by atoms with Gasteiger partial charge in [0.15, 0.2) is 0 Å². The molecule has 1 heterocycles. The fourth-order valence-corrected chi connectivity index (χ4v) is 2.51. The van der Waals surface area contributed by atoms with E-state index in [0.29, 0.717) is 10.7 Å². The summed E-state index contributed by atoms with van der Waals surface area (Å²) in [6.07, 6.45) is 3.66. The van der Waals surface area contributed by atoms with Gasteiger partial charge in [0.2, 0.25) is 0 Å². The lowest BCUT2D eigenvalue weighted by molar-refractivity contribution is 0.0890. The number of amides is 1. The first-order valence-corrected chi connectivity index (χ1v) is 7.23. The van der Waals surface area contributed by atoms with Gasteiger partial charge in [0.25, 0.3) is 5.91 Å². The summed E-state index contributed by atoms with van der Waals surface area (Å²) in [7, 11) is 0. The molecule has 4 heteroatoms. The van der Waals surface area contributed by atoms with Crippen molar-refractivity contribution < 1.29 is 4.79 Å². The summed E-state index contributed by atoms with van der Waals surface area (Å²) >= 11 is 5.98. The Morgan fingerprint density at radius 2 is 2.16 bits per heavy atom. The molecule has 1 aromatic rings. The van der Waals surface area contributed by atoms with Gasteiger partial charge in [0.1, 0.15) is 5.15 Å². The van der Waals surface area contributed by atoms with E-state index in [1.54, 1.807) is 6.07 Å². The molecule has 1 amide bonds. The molecule has 0 radical (unpaired) electrons. The largest absolute Gasteiger partial charge is 0.351 e. The molecule has 0 aromatic carbocycles. The van der Waals surface area contributed by atoms with Crippen LogP contribution in [-0.2, 0) is 0 Å². The summed E-state index contributed by atoms with van der Waals surface area (Å²) in [4.78, 5) is 16.4. The Labute approximate surface area is 119 Å². The van der Waals surface area contributed by atoms with Crippen molar-refractivity contribution in [3.05, 3.63) is 28.5 Å². The minimum atomic E-state index is -0.0562. The molecule has 1 N–H and O–H groups in total. The Balaban J connectivity index is 2.06. The minimum absolute atomic E-state index is 0.0562. The van der Waals surface area contributed by atoms with Crippen LogP contribution in [0.4, 0.5) is 0 Å². The first-order chi connectivity index (χ1) is 8.89. The summed E-state index contributed by atoms with van der Waals surface area (Å²) < 4.78 is 0. The molecular weight excluding hydrogens is 260 g/mol. The van der Waals surface area contributed by atoms with Gasteiger partial charge in [-0.05, 0) is 36.3 Å². The van der Waals surface area contributed by atoms with Gasteiger partial charge >= 0.3 is 0 Å². The Kier molecular flexibility index (Phi) is 4.14. The van der Waals surface area contributed by atoms with E-state index in [1.165, 1.54) is 19.3 Å². The van der Waals surface area contributed by atoms with Gasteiger partial charge in [-0.3, -0.25) is 4.79 Å². The van der Waals surface area contributed by atoms with Crippen molar-refractivity contribution in [1.82, 2.24) is 10.3 Å². The number of nitrogens with one attached hydrogen (secondary N) is 1. The lowest BCUT2D eigenvalue weighted by Crippen LogP contribution is -2.40. The van der Waals surface area contributed by atoms with Crippen LogP contribution in [0.2, 0.25) is 5.15 Å². The zero-order valence-electron chi connectivity index (χ0n) is 11.8. The average Bonchev–Trinajstić information content (AvgIpc) is 2.32. The molecule has 2 rings (SSSR count). The van der Waals surface area contributed by atoms with Crippen LogP contribution in [0.15, 0.2) is 12.1 Å². The molecule has 104 valence electrons. The molecule has 1 aliphatic rings. The second kappa shape index (κ2) is 5.49. The molecule has 1 aliphatic carbocycles. The van der Waals surface area contributed by atoms with E-state index in [4.69, 9.17) is 11.6 Å². The zero-order chi connectivity index (χ0) is 14.0. The SMILES string of the molecule is CC(C)c1cc(C(=O)NCC2(C)CCC2)cc(Cl)n1. The molecule has 0 unspecified atom stereocenters. The van der Waals surface area contributed by atoms with E-state index in [9.17, 15) is 4.79 Å². The molecule has 0 bridgehead atoms. The quantitative estimate of drug-likeness (QED) is 0.853. The van der Waals surface area contributed by atoms with Crippen LogP contribution in [0.1, 0.15) is 62.0 Å². The van der Waals surface area contributed by atoms with Crippen LogP contribution in [0, 0.1) is 5.41 Å².